The van der Waals surface area contributed by atoms with Crippen LogP contribution in [0.25, 0.3) is 12.2 Å². The highest BCUT2D eigenvalue weighted by Crippen LogP contribution is 2.05. The van der Waals surface area contributed by atoms with Crippen LogP contribution in [0.4, 0.5) is 0 Å². The molecule has 14 heavy (non-hydrogen) atoms. The van der Waals surface area contributed by atoms with Gasteiger partial charge >= 0.3 is 4.94 Å². The summed E-state index contributed by atoms with van der Waals surface area (Å²) in [5, 5.41) is 0. The highest BCUT2D eigenvalue weighted by molar-refractivity contribution is 7.02. The second-order valence-electron chi connectivity index (χ2n) is 2.62. The molecule has 0 spiro atoms. The van der Waals surface area contributed by atoms with Gasteiger partial charge in [0.05, 0.1) is 11.5 Å². The van der Waals surface area contributed by atoms with Crippen LogP contribution in [-0.2, 0) is 0 Å². The molecule has 1 aromatic heterocycles. The van der Waals surface area contributed by atoms with Gasteiger partial charge < -0.3 is 4.42 Å². The average molecular weight is 205 g/mol. The van der Waals surface area contributed by atoms with Crippen LogP contribution < -0.4 is 4.94 Å². The van der Waals surface area contributed by atoms with Crippen LogP contribution in [0.1, 0.15) is 11.5 Å². The fourth-order valence-electron chi connectivity index (χ4n) is 1.00. The second-order valence-corrected chi connectivity index (χ2v) is 3.32. The molecule has 0 amide bonds. The minimum atomic E-state index is -0.377. The molecule has 0 saturated heterocycles. The van der Waals surface area contributed by atoms with Crippen LogP contribution in [0, 0.1) is 0 Å². The van der Waals surface area contributed by atoms with Crippen molar-refractivity contribution in [3.8, 4) is 0 Å². The molecule has 0 fully saturated rings. The largest absolute Gasteiger partial charge is 0.414 e. The molecule has 0 N–H and O–H groups in total. The Morgan fingerprint density at radius 3 is 2.64 bits per heavy atom. The first-order chi connectivity index (χ1) is 6.84. The van der Waals surface area contributed by atoms with E-state index in [0.717, 1.165) is 17.1 Å². The van der Waals surface area contributed by atoms with Crippen molar-refractivity contribution in [2.75, 3.05) is 0 Å². The van der Waals surface area contributed by atoms with E-state index in [4.69, 9.17) is 4.42 Å². The number of aromatic nitrogens is 1. The zero-order valence-corrected chi connectivity index (χ0v) is 8.03. The van der Waals surface area contributed by atoms with Crippen LogP contribution in [0.3, 0.4) is 0 Å². The Labute approximate surface area is 84.5 Å². The minimum absolute atomic E-state index is 0.351. The number of rotatable bonds is 2. The Kier molecular flexibility index (Phi) is 2.55. The summed E-state index contributed by atoms with van der Waals surface area (Å²) in [6.07, 6.45) is 3.52. The smallest absolute Gasteiger partial charge is 0.395 e. The lowest BCUT2D eigenvalue weighted by Crippen LogP contribution is -1.80. The lowest BCUT2D eigenvalue weighted by Gasteiger charge is -1.88. The van der Waals surface area contributed by atoms with Crippen molar-refractivity contribution in [3.63, 3.8) is 0 Å². The number of nitrogens with zero attached hydrogens (tertiary/aromatic N) is 1. The highest BCUT2D eigenvalue weighted by Gasteiger charge is 1.95. The van der Waals surface area contributed by atoms with Gasteiger partial charge in [0, 0.05) is 6.08 Å². The predicted molar refractivity (Wildman–Crippen MR) is 56.0 cm³/mol. The maximum Gasteiger partial charge on any atom is 0.414 e. The van der Waals surface area contributed by atoms with E-state index in [1.54, 1.807) is 6.08 Å². The lowest BCUT2D eigenvalue weighted by atomic mass is 10.2. The maximum absolute atomic E-state index is 10.7. The fraction of sp³-hybridized carbons (Fsp3) is 0. The molecule has 0 unspecified atom stereocenters. The van der Waals surface area contributed by atoms with Gasteiger partial charge in [-0.05, 0) is 11.6 Å². The quantitative estimate of drug-likeness (QED) is 0.755. The SMILES string of the molecule is O=c1oc(C=Cc2ccccc2)ns1. The molecule has 0 aliphatic rings. The normalized spacial score (nSPS) is 10.9. The predicted octanol–water partition coefficient (Wildman–Crippen LogP) is 2.27. The van der Waals surface area contributed by atoms with Gasteiger partial charge in [0.15, 0.2) is 0 Å². The van der Waals surface area contributed by atoms with Gasteiger partial charge in [-0.25, -0.2) is 4.79 Å². The first-order valence-electron chi connectivity index (χ1n) is 4.04. The molecule has 2 aromatic rings. The van der Waals surface area contributed by atoms with Gasteiger partial charge in [-0.1, -0.05) is 30.3 Å². The molecule has 70 valence electrons. The highest BCUT2D eigenvalue weighted by atomic mass is 32.1. The minimum Gasteiger partial charge on any atom is -0.395 e. The van der Waals surface area contributed by atoms with E-state index in [-0.39, 0.29) is 4.94 Å². The molecular weight excluding hydrogens is 198 g/mol. The van der Waals surface area contributed by atoms with Crippen LogP contribution in [0.2, 0.25) is 0 Å². The number of hydrogen-bond acceptors (Lipinski definition) is 4. The van der Waals surface area contributed by atoms with E-state index in [0.29, 0.717) is 5.89 Å². The zero-order valence-electron chi connectivity index (χ0n) is 7.21. The van der Waals surface area contributed by atoms with Crippen LogP contribution >= 0.6 is 11.5 Å². The molecule has 3 nitrogen and oxygen atoms in total. The summed E-state index contributed by atoms with van der Waals surface area (Å²) in [5.74, 6) is 0.351. The van der Waals surface area contributed by atoms with Gasteiger partial charge in [0.2, 0.25) is 5.89 Å². The monoisotopic (exact) mass is 205 g/mol. The Balaban J connectivity index is 2.19. The van der Waals surface area contributed by atoms with Gasteiger partial charge in [-0.3, -0.25) is 0 Å². The van der Waals surface area contributed by atoms with Crippen LogP contribution in [0.5, 0.6) is 0 Å². The molecule has 0 bridgehead atoms. The van der Waals surface area contributed by atoms with Crippen molar-refractivity contribution in [2.24, 2.45) is 0 Å². The zero-order chi connectivity index (χ0) is 9.80. The standard InChI is InChI=1S/C10H7NO2S/c12-10-13-9(11-14-10)7-6-8-4-2-1-3-5-8/h1-7H. The fourth-order valence-corrected chi connectivity index (χ4v) is 1.39. The van der Waals surface area contributed by atoms with Crippen molar-refractivity contribution >= 4 is 23.7 Å². The second kappa shape index (κ2) is 4.02. The van der Waals surface area contributed by atoms with Crippen molar-refractivity contribution in [3.05, 3.63) is 51.5 Å². The van der Waals surface area contributed by atoms with E-state index in [9.17, 15) is 4.79 Å². The first kappa shape index (κ1) is 8.90. The third-order valence-corrected chi connectivity index (χ3v) is 2.12. The third kappa shape index (κ3) is 2.17. The van der Waals surface area contributed by atoms with E-state index in [2.05, 4.69) is 4.37 Å². The molecular formula is C10H7NO2S. The summed E-state index contributed by atoms with van der Waals surface area (Å²) in [6.45, 7) is 0. The topological polar surface area (TPSA) is 43.1 Å². The summed E-state index contributed by atoms with van der Waals surface area (Å²) in [5.41, 5.74) is 1.04. The Bertz CT molecular complexity index is 484. The van der Waals surface area contributed by atoms with Gasteiger partial charge in [-0.15, -0.1) is 4.37 Å². The number of hydrogen-bond donors (Lipinski definition) is 0. The summed E-state index contributed by atoms with van der Waals surface area (Å²) in [4.78, 5) is 10.3. The molecule has 1 heterocycles. The summed E-state index contributed by atoms with van der Waals surface area (Å²) in [6, 6.07) is 9.75. The molecule has 0 radical (unpaired) electrons. The molecule has 0 atom stereocenters. The van der Waals surface area contributed by atoms with E-state index in [1.807, 2.05) is 36.4 Å². The molecule has 1 aromatic carbocycles. The summed E-state index contributed by atoms with van der Waals surface area (Å²) in [7, 11) is 0. The van der Waals surface area contributed by atoms with Gasteiger partial charge in [0.1, 0.15) is 0 Å². The molecule has 2 rings (SSSR count). The van der Waals surface area contributed by atoms with Crippen molar-refractivity contribution in [1.29, 1.82) is 0 Å². The van der Waals surface area contributed by atoms with Crippen LogP contribution in [-0.4, -0.2) is 4.37 Å². The molecule has 0 aliphatic heterocycles. The van der Waals surface area contributed by atoms with Crippen molar-refractivity contribution in [2.45, 2.75) is 0 Å². The Morgan fingerprint density at radius 1 is 1.21 bits per heavy atom. The molecule has 0 saturated carbocycles. The van der Waals surface area contributed by atoms with E-state index < -0.39 is 0 Å². The Hall–Kier alpha value is -1.68. The molecule has 4 heteroatoms. The molecule has 0 aliphatic carbocycles. The van der Waals surface area contributed by atoms with Crippen molar-refractivity contribution < 1.29 is 4.42 Å². The third-order valence-electron chi connectivity index (χ3n) is 1.62. The Morgan fingerprint density at radius 2 is 2.00 bits per heavy atom. The van der Waals surface area contributed by atoms with E-state index >= 15 is 0 Å². The summed E-state index contributed by atoms with van der Waals surface area (Å²) < 4.78 is 8.58. The summed E-state index contributed by atoms with van der Waals surface area (Å²) >= 11 is 0.816. The van der Waals surface area contributed by atoms with E-state index in [1.165, 1.54) is 0 Å². The van der Waals surface area contributed by atoms with Crippen LogP contribution in [0.15, 0.2) is 39.5 Å². The maximum atomic E-state index is 10.7. The first-order valence-corrected chi connectivity index (χ1v) is 4.82. The van der Waals surface area contributed by atoms with Crippen molar-refractivity contribution in [1.82, 2.24) is 4.37 Å². The van der Waals surface area contributed by atoms with Gasteiger partial charge in [-0.2, -0.15) is 0 Å². The average Bonchev–Trinajstić information content (AvgIpc) is 2.63. The lowest BCUT2D eigenvalue weighted by molar-refractivity contribution is 0.516. The number of benzene rings is 1. The van der Waals surface area contributed by atoms with Gasteiger partial charge in [0.25, 0.3) is 0 Å².